The molecule has 2 aromatic heterocycles. The minimum atomic E-state index is -0.246. The van der Waals surface area contributed by atoms with Crippen LogP contribution in [0.2, 0.25) is 5.15 Å². The predicted octanol–water partition coefficient (Wildman–Crippen LogP) is 0.973. The predicted molar refractivity (Wildman–Crippen MR) is 71.8 cm³/mol. The molecule has 6 nitrogen and oxygen atoms in total. The Morgan fingerprint density at radius 3 is 3.11 bits per heavy atom. The molecule has 1 aliphatic heterocycles. The van der Waals surface area contributed by atoms with Crippen molar-refractivity contribution in [2.24, 2.45) is 7.05 Å². The van der Waals surface area contributed by atoms with Gasteiger partial charge in [0.05, 0.1) is 24.2 Å². The number of fused-ring (bicyclic) bond motifs is 1. The maximum absolute atomic E-state index is 9.67. The van der Waals surface area contributed by atoms with Crippen LogP contribution in [-0.4, -0.2) is 48.9 Å². The first-order chi connectivity index (χ1) is 9.13. The van der Waals surface area contributed by atoms with E-state index in [9.17, 15) is 5.11 Å². The number of aliphatic hydroxyl groups is 1. The molecule has 0 saturated carbocycles. The highest BCUT2D eigenvalue weighted by molar-refractivity contribution is 6.33. The summed E-state index contributed by atoms with van der Waals surface area (Å²) in [6, 6.07) is 0. The van der Waals surface area contributed by atoms with Crippen LogP contribution in [0.25, 0.3) is 11.0 Å². The number of piperidine rings is 1. The number of hydrogen-bond acceptors (Lipinski definition) is 5. The molecule has 3 rings (SSSR count). The van der Waals surface area contributed by atoms with E-state index in [-0.39, 0.29) is 6.10 Å². The van der Waals surface area contributed by atoms with E-state index >= 15 is 0 Å². The van der Waals surface area contributed by atoms with Crippen LogP contribution in [0.4, 0.5) is 0 Å². The average molecular weight is 282 g/mol. The van der Waals surface area contributed by atoms with Crippen molar-refractivity contribution < 1.29 is 5.11 Å². The molecule has 1 atom stereocenters. The van der Waals surface area contributed by atoms with Crippen LogP contribution in [0.1, 0.15) is 18.7 Å². The average Bonchev–Trinajstić information content (AvgIpc) is 2.72. The van der Waals surface area contributed by atoms with Gasteiger partial charge in [-0.3, -0.25) is 9.58 Å². The number of nitrogens with zero attached hydrogens (tertiary/aromatic N) is 5. The molecule has 1 saturated heterocycles. The lowest BCUT2D eigenvalue weighted by Gasteiger charge is -2.29. The Labute approximate surface area is 116 Å². The van der Waals surface area contributed by atoms with Crippen molar-refractivity contribution >= 4 is 22.6 Å². The summed E-state index contributed by atoms with van der Waals surface area (Å²) >= 11 is 6.15. The third kappa shape index (κ3) is 2.56. The summed E-state index contributed by atoms with van der Waals surface area (Å²) in [4.78, 5) is 11.0. The molecule has 0 radical (unpaired) electrons. The molecule has 0 spiro atoms. The molecule has 0 aromatic carbocycles. The number of halogens is 1. The zero-order valence-corrected chi connectivity index (χ0v) is 11.5. The van der Waals surface area contributed by atoms with Gasteiger partial charge < -0.3 is 5.11 Å². The van der Waals surface area contributed by atoms with Crippen molar-refractivity contribution in [3.05, 3.63) is 17.2 Å². The molecule has 1 aliphatic rings. The van der Waals surface area contributed by atoms with E-state index < -0.39 is 0 Å². The monoisotopic (exact) mass is 281 g/mol. The Morgan fingerprint density at radius 2 is 2.32 bits per heavy atom. The number of likely N-dealkylation sites (tertiary alicyclic amines) is 1. The molecule has 0 bridgehead atoms. The molecule has 1 unspecified atom stereocenters. The van der Waals surface area contributed by atoms with Crippen LogP contribution in [0.3, 0.4) is 0 Å². The summed E-state index contributed by atoms with van der Waals surface area (Å²) in [6.45, 7) is 2.24. The van der Waals surface area contributed by atoms with Crippen molar-refractivity contribution in [3.63, 3.8) is 0 Å². The quantitative estimate of drug-likeness (QED) is 0.831. The topological polar surface area (TPSA) is 67.1 Å². The number of aliphatic hydroxyl groups excluding tert-OH is 1. The van der Waals surface area contributed by atoms with Gasteiger partial charge in [0.25, 0.3) is 0 Å². The van der Waals surface area contributed by atoms with Crippen molar-refractivity contribution in [1.29, 1.82) is 0 Å². The molecule has 1 N–H and O–H groups in total. The van der Waals surface area contributed by atoms with Gasteiger partial charge in [-0.1, -0.05) is 11.6 Å². The third-order valence-electron chi connectivity index (χ3n) is 3.44. The standard InChI is InChI=1S/C12H16ClN5O/c1-17-12-9(5-14-17)11(13)15-10(16-12)7-18-4-2-3-8(19)6-18/h5,8,19H,2-4,6-7H2,1H3. The summed E-state index contributed by atoms with van der Waals surface area (Å²) in [5.74, 6) is 0.676. The Morgan fingerprint density at radius 1 is 1.47 bits per heavy atom. The molecule has 2 aromatic rings. The fourth-order valence-corrected chi connectivity index (χ4v) is 2.71. The number of β-amino-alcohol motifs (C(OH)–C–C–N with tert-alkyl or cyclic N) is 1. The van der Waals surface area contributed by atoms with Gasteiger partial charge in [0.2, 0.25) is 0 Å². The first kappa shape index (κ1) is 12.8. The van der Waals surface area contributed by atoms with Gasteiger partial charge in [-0.2, -0.15) is 5.10 Å². The maximum Gasteiger partial charge on any atom is 0.162 e. The van der Waals surface area contributed by atoms with E-state index in [0.717, 1.165) is 30.4 Å². The summed E-state index contributed by atoms with van der Waals surface area (Å²) in [7, 11) is 1.83. The molecule has 102 valence electrons. The van der Waals surface area contributed by atoms with E-state index in [1.165, 1.54) is 0 Å². The molecule has 19 heavy (non-hydrogen) atoms. The van der Waals surface area contributed by atoms with Crippen LogP contribution in [0, 0.1) is 0 Å². The molecule has 1 fully saturated rings. The van der Waals surface area contributed by atoms with Crippen molar-refractivity contribution in [2.45, 2.75) is 25.5 Å². The van der Waals surface area contributed by atoms with Gasteiger partial charge in [-0.05, 0) is 19.4 Å². The fraction of sp³-hybridized carbons (Fsp3) is 0.583. The molecular weight excluding hydrogens is 266 g/mol. The fourth-order valence-electron chi connectivity index (χ4n) is 2.48. The molecular formula is C12H16ClN5O. The van der Waals surface area contributed by atoms with Crippen LogP contribution in [-0.2, 0) is 13.6 Å². The van der Waals surface area contributed by atoms with Gasteiger partial charge >= 0.3 is 0 Å². The van der Waals surface area contributed by atoms with Gasteiger partial charge in [-0.15, -0.1) is 0 Å². The number of hydrogen-bond donors (Lipinski definition) is 1. The summed E-state index contributed by atoms with van der Waals surface area (Å²) in [5.41, 5.74) is 0.743. The van der Waals surface area contributed by atoms with Crippen molar-refractivity contribution in [1.82, 2.24) is 24.6 Å². The highest BCUT2D eigenvalue weighted by Gasteiger charge is 2.19. The highest BCUT2D eigenvalue weighted by Crippen LogP contribution is 2.20. The highest BCUT2D eigenvalue weighted by atomic mass is 35.5. The second-order valence-electron chi connectivity index (χ2n) is 4.97. The zero-order chi connectivity index (χ0) is 13.4. The number of aryl methyl sites for hydroxylation is 1. The normalized spacial score (nSPS) is 21.1. The van der Waals surface area contributed by atoms with E-state index in [1.54, 1.807) is 10.9 Å². The lowest BCUT2D eigenvalue weighted by molar-refractivity contribution is 0.0655. The van der Waals surface area contributed by atoms with Crippen molar-refractivity contribution in [2.75, 3.05) is 13.1 Å². The summed E-state index contributed by atoms with van der Waals surface area (Å²) < 4.78 is 1.69. The van der Waals surface area contributed by atoms with Gasteiger partial charge in [0.1, 0.15) is 11.0 Å². The summed E-state index contributed by atoms with van der Waals surface area (Å²) in [6.07, 6.45) is 3.30. The van der Waals surface area contributed by atoms with E-state index in [1.807, 2.05) is 7.05 Å². The van der Waals surface area contributed by atoms with Crippen molar-refractivity contribution in [3.8, 4) is 0 Å². The molecule has 0 amide bonds. The lowest BCUT2D eigenvalue weighted by atomic mass is 10.1. The van der Waals surface area contributed by atoms with Gasteiger partial charge in [0, 0.05) is 13.6 Å². The van der Waals surface area contributed by atoms with Crippen LogP contribution in [0.15, 0.2) is 6.20 Å². The van der Waals surface area contributed by atoms with Crippen LogP contribution in [0.5, 0.6) is 0 Å². The zero-order valence-electron chi connectivity index (χ0n) is 10.8. The molecule has 0 aliphatic carbocycles. The molecule has 7 heteroatoms. The maximum atomic E-state index is 9.67. The first-order valence-corrected chi connectivity index (χ1v) is 6.76. The number of aromatic nitrogens is 4. The Hall–Kier alpha value is -1.24. The molecule has 3 heterocycles. The Bertz CT molecular complexity index is 599. The van der Waals surface area contributed by atoms with Gasteiger partial charge in [-0.25, -0.2) is 9.97 Å². The third-order valence-corrected chi connectivity index (χ3v) is 3.73. The largest absolute Gasteiger partial charge is 0.392 e. The van der Waals surface area contributed by atoms with Gasteiger partial charge in [0.15, 0.2) is 5.65 Å². The Kier molecular flexibility index (Phi) is 3.38. The lowest BCUT2D eigenvalue weighted by Crippen LogP contribution is -2.38. The van der Waals surface area contributed by atoms with E-state index in [2.05, 4.69) is 20.0 Å². The second kappa shape index (κ2) is 5.03. The first-order valence-electron chi connectivity index (χ1n) is 6.38. The van der Waals surface area contributed by atoms with E-state index in [4.69, 9.17) is 11.6 Å². The number of rotatable bonds is 2. The van der Waals surface area contributed by atoms with E-state index in [0.29, 0.717) is 24.1 Å². The SMILES string of the molecule is Cn1ncc2c(Cl)nc(CN3CCCC(O)C3)nc21. The minimum absolute atomic E-state index is 0.246. The van der Waals surface area contributed by atoms with Crippen LogP contribution >= 0.6 is 11.6 Å². The minimum Gasteiger partial charge on any atom is -0.392 e. The van der Waals surface area contributed by atoms with Crippen LogP contribution < -0.4 is 0 Å². The smallest absolute Gasteiger partial charge is 0.162 e. The Balaban J connectivity index is 1.86. The summed E-state index contributed by atoms with van der Waals surface area (Å²) in [5, 5.41) is 15.0. The second-order valence-corrected chi connectivity index (χ2v) is 5.33.